The first-order valence-corrected chi connectivity index (χ1v) is 8.78. The molecule has 0 radical (unpaired) electrons. The number of aliphatic hydroxyl groups excluding tert-OH is 1. The van der Waals surface area contributed by atoms with E-state index >= 15 is 0 Å². The van der Waals surface area contributed by atoms with Crippen molar-refractivity contribution in [2.45, 2.75) is 33.2 Å². The van der Waals surface area contributed by atoms with Gasteiger partial charge in [-0.15, -0.1) is 0 Å². The number of Topliss-reactive ketones (excluding diaryl/α,β-unsaturated/α-hetero) is 1. The van der Waals surface area contributed by atoms with Gasteiger partial charge in [0.15, 0.2) is 11.5 Å². The molecular formula is C20H20ClNO4. The van der Waals surface area contributed by atoms with Crippen molar-refractivity contribution in [1.82, 2.24) is 0 Å². The Hall–Kier alpha value is -2.53. The summed E-state index contributed by atoms with van der Waals surface area (Å²) in [5.74, 6) is -0.940. The minimum Gasteiger partial charge on any atom is -0.503 e. The number of carbonyl (C=O) groups is 2. The van der Waals surface area contributed by atoms with Crippen LogP contribution in [0.15, 0.2) is 52.3 Å². The topological polar surface area (TPSA) is 70.8 Å². The second kappa shape index (κ2) is 7.00. The van der Waals surface area contributed by atoms with Crippen molar-refractivity contribution < 1.29 is 19.1 Å². The number of rotatable bonds is 5. The average Bonchev–Trinajstić information content (AvgIpc) is 3.17. The normalized spacial score (nSPS) is 17.5. The molecule has 2 aromatic rings. The lowest BCUT2D eigenvalue weighted by Crippen LogP contribution is -2.31. The molecule has 0 fully saturated rings. The van der Waals surface area contributed by atoms with Gasteiger partial charge in [0.25, 0.3) is 5.91 Å². The zero-order chi connectivity index (χ0) is 19.0. The van der Waals surface area contributed by atoms with Crippen LogP contribution in [0.5, 0.6) is 0 Å². The average molecular weight is 374 g/mol. The summed E-state index contributed by atoms with van der Waals surface area (Å²) >= 11 is 6.21. The predicted octanol–water partition coefficient (Wildman–Crippen LogP) is 4.76. The number of furan rings is 1. The Labute approximate surface area is 156 Å². The van der Waals surface area contributed by atoms with Crippen LogP contribution in [0.4, 0.5) is 5.69 Å². The van der Waals surface area contributed by atoms with Crippen molar-refractivity contribution in [1.29, 1.82) is 0 Å². The zero-order valence-electron chi connectivity index (χ0n) is 14.8. The van der Waals surface area contributed by atoms with Gasteiger partial charge in [0.2, 0.25) is 0 Å². The van der Waals surface area contributed by atoms with Gasteiger partial charge >= 0.3 is 0 Å². The van der Waals surface area contributed by atoms with Gasteiger partial charge in [-0.2, -0.15) is 0 Å². The number of carbonyl (C=O) groups excluding carboxylic acids is 2. The van der Waals surface area contributed by atoms with Crippen LogP contribution in [0.2, 0.25) is 5.02 Å². The SMILES string of the molecule is Cc1ccc(N2C(=O)C(O)=C(C(=O)CC(C)C)C2c2ccco2)cc1Cl. The van der Waals surface area contributed by atoms with Crippen molar-refractivity contribution in [3.8, 4) is 0 Å². The molecule has 1 unspecified atom stereocenters. The van der Waals surface area contributed by atoms with Crippen molar-refractivity contribution >= 4 is 29.0 Å². The fraction of sp³-hybridized carbons (Fsp3) is 0.300. The lowest BCUT2D eigenvalue weighted by atomic mass is 9.95. The third kappa shape index (κ3) is 3.15. The molecule has 5 nitrogen and oxygen atoms in total. The number of amides is 1. The molecule has 6 heteroatoms. The Kier molecular flexibility index (Phi) is 4.92. The highest BCUT2D eigenvalue weighted by atomic mass is 35.5. The molecule has 0 saturated carbocycles. The fourth-order valence-corrected chi connectivity index (χ4v) is 3.26. The second-order valence-corrected chi connectivity index (χ2v) is 7.22. The molecular weight excluding hydrogens is 354 g/mol. The summed E-state index contributed by atoms with van der Waals surface area (Å²) in [6, 6.07) is 7.71. The summed E-state index contributed by atoms with van der Waals surface area (Å²) in [5.41, 5.74) is 1.42. The number of nitrogens with zero attached hydrogens (tertiary/aromatic N) is 1. The van der Waals surface area contributed by atoms with Crippen molar-refractivity contribution in [3.63, 3.8) is 0 Å². The molecule has 0 bridgehead atoms. The molecule has 1 aromatic heterocycles. The number of ketones is 1. The molecule has 1 aliphatic heterocycles. The maximum atomic E-state index is 12.8. The monoisotopic (exact) mass is 373 g/mol. The number of aliphatic hydroxyl groups is 1. The molecule has 136 valence electrons. The molecule has 0 spiro atoms. The van der Waals surface area contributed by atoms with Crippen LogP contribution in [-0.2, 0) is 9.59 Å². The standard InChI is InChI=1S/C20H20ClNO4/c1-11(2)9-15(23)17-18(16-5-4-8-26-16)22(20(25)19(17)24)13-7-6-12(3)14(21)10-13/h4-8,10-11,18,24H,9H2,1-3H3. The van der Waals surface area contributed by atoms with E-state index in [1.165, 1.54) is 11.2 Å². The number of hydrogen-bond donors (Lipinski definition) is 1. The summed E-state index contributed by atoms with van der Waals surface area (Å²) in [5, 5.41) is 11.0. The van der Waals surface area contributed by atoms with Gasteiger partial charge in [-0.25, -0.2) is 0 Å². The van der Waals surface area contributed by atoms with Crippen molar-refractivity contribution in [2.24, 2.45) is 5.92 Å². The third-order valence-corrected chi connectivity index (χ3v) is 4.76. The smallest absolute Gasteiger partial charge is 0.294 e. The summed E-state index contributed by atoms with van der Waals surface area (Å²) in [4.78, 5) is 26.9. The van der Waals surface area contributed by atoms with Gasteiger partial charge in [0.05, 0.1) is 11.8 Å². The Morgan fingerprint density at radius 3 is 2.65 bits per heavy atom. The minimum absolute atomic E-state index is 0.0651. The summed E-state index contributed by atoms with van der Waals surface area (Å²) in [6.07, 6.45) is 1.70. The van der Waals surface area contributed by atoms with E-state index in [0.717, 1.165) is 5.56 Å². The zero-order valence-corrected chi connectivity index (χ0v) is 15.6. The number of anilines is 1. The molecule has 1 aromatic carbocycles. The second-order valence-electron chi connectivity index (χ2n) is 6.81. The predicted molar refractivity (Wildman–Crippen MR) is 99.2 cm³/mol. The molecule has 0 saturated heterocycles. The van der Waals surface area contributed by atoms with Crippen LogP contribution in [-0.4, -0.2) is 16.8 Å². The van der Waals surface area contributed by atoms with Gasteiger partial charge < -0.3 is 9.52 Å². The van der Waals surface area contributed by atoms with Crippen LogP contribution in [0.1, 0.15) is 37.6 Å². The maximum absolute atomic E-state index is 12.8. The maximum Gasteiger partial charge on any atom is 0.294 e. The number of halogens is 1. The van der Waals surface area contributed by atoms with E-state index in [1.807, 2.05) is 20.8 Å². The van der Waals surface area contributed by atoms with E-state index in [9.17, 15) is 14.7 Å². The highest BCUT2D eigenvalue weighted by molar-refractivity contribution is 6.31. The molecule has 1 aliphatic rings. The molecule has 1 N–H and O–H groups in total. The number of aryl methyl sites for hydroxylation is 1. The Bertz CT molecular complexity index is 883. The van der Waals surface area contributed by atoms with Crippen molar-refractivity contribution in [2.75, 3.05) is 4.90 Å². The Morgan fingerprint density at radius 1 is 1.35 bits per heavy atom. The quantitative estimate of drug-likeness (QED) is 0.820. The van der Waals surface area contributed by atoms with Crippen LogP contribution in [0.3, 0.4) is 0 Å². The fourth-order valence-electron chi connectivity index (χ4n) is 3.08. The van der Waals surface area contributed by atoms with Gasteiger partial charge in [-0.3, -0.25) is 14.5 Å². The summed E-state index contributed by atoms with van der Waals surface area (Å²) in [7, 11) is 0. The molecule has 3 rings (SSSR count). The highest BCUT2D eigenvalue weighted by Gasteiger charge is 2.45. The summed E-state index contributed by atoms with van der Waals surface area (Å²) < 4.78 is 5.48. The van der Waals surface area contributed by atoms with Crippen LogP contribution >= 0.6 is 11.6 Å². The van der Waals surface area contributed by atoms with Gasteiger partial charge in [-0.05, 0) is 42.7 Å². The van der Waals surface area contributed by atoms with Gasteiger partial charge in [0, 0.05) is 17.1 Å². The van der Waals surface area contributed by atoms with E-state index in [0.29, 0.717) is 16.5 Å². The lowest BCUT2D eigenvalue weighted by Gasteiger charge is -2.25. The minimum atomic E-state index is -0.817. The molecule has 2 heterocycles. The van der Waals surface area contributed by atoms with E-state index in [4.69, 9.17) is 16.0 Å². The first-order chi connectivity index (χ1) is 12.3. The Balaban J connectivity index is 2.12. The van der Waals surface area contributed by atoms with Crippen LogP contribution < -0.4 is 4.90 Å². The molecule has 1 atom stereocenters. The largest absolute Gasteiger partial charge is 0.503 e. The van der Waals surface area contributed by atoms with E-state index < -0.39 is 17.7 Å². The van der Waals surface area contributed by atoms with Crippen molar-refractivity contribution in [3.05, 3.63) is 64.3 Å². The Morgan fingerprint density at radius 2 is 2.08 bits per heavy atom. The highest BCUT2D eigenvalue weighted by Crippen LogP contribution is 2.42. The number of benzene rings is 1. The molecule has 1 amide bonds. The molecule has 26 heavy (non-hydrogen) atoms. The third-order valence-electron chi connectivity index (χ3n) is 4.35. The first kappa shape index (κ1) is 18.3. The van der Waals surface area contributed by atoms with Gasteiger partial charge in [0.1, 0.15) is 11.8 Å². The van der Waals surface area contributed by atoms with Crippen LogP contribution in [0, 0.1) is 12.8 Å². The van der Waals surface area contributed by atoms with E-state index in [1.54, 1.807) is 30.3 Å². The first-order valence-electron chi connectivity index (χ1n) is 8.40. The summed E-state index contributed by atoms with van der Waals surface area (Å²) in [6.45, 7) is 5.67. The molecule has 0 aliphatic carbocycles. The van der Waals surface area contributed by atoms with E-state index in [2.05, 4.69) is 0 Å². The lowest BCUT2D eigenvalue weighted by molar-refractivity contribution is -0.118. The van der Waals surface area contributed by atoms with Gasteiger partial charge in [-0.1, -0.05) is 31.5 Å². The number of hydrogen-bond acceptors (Lipinski definition) is 4. The van der Waals surface area contributed by atoms with Crippen LogP contribution in [0.25, 0.3) is 0 Å². The van der Waals surface area contributed by atoms with E-state index in [-0.39, 0.29) is 23.7 Å².